The highest BCUT2D eigenvalue weighted by molar-refractivity contribution is 5.98. The third-order valence-corrected chi connectivity index (χ3v) is 3.77. The van der Waals surface area contributed by atoms with Crippen LogP contribution >= 0.6 is 0 Å². The first-order valence-corrected chi connectivity index (χ1v) is 6.42. The van der Waals surface area contributed by atoms with Gasteiger partial charge in [-0.25, -0.2) is 0 Å². The van der Waals surface area contributed by atoms with E-state index in [1.54, 1.807) is 0 Å². The molecule has 0 unspecified atom stereocenters. The number of amides is 1. The van der Waals surface area contributed by atoms with Crippen molar-refractivity contribution >= 4 is 16.8 Å². The van der Waals surface area contributed by atoms with E-state index in [1.165, 1.54) is 0 Å². The number of nitrogens with one attached hydrogen (secondary N) is 1. The van der Waals surface area contributed by atoms with E-state index >= 15 is 0 Å². The predicted molar refractivity (Wildman–Crippen MR) is 72.6 cm³/mol. The van der Waals surface area contributed by atoms with Crippen molar-refractivity contribution in [3.8, 4) is 0 Å². The largest absolute Gasteiger partial charge is 0.361 e. The summed E-state index contributed by atoms with van der Waals surface area (Å²) in [7, 11) is 0. The molecule has 1 fully saturated rings. The highest BCUT2D eigenvalue weighted by Crippen LogP contribution is 2.30. The monoisotopic (exact) mass is 242 g/mol. The zero-order chi connectivity index (χ0) is 12.8. The SMILES string of the molecule is CC1(C)CCN(C(=O)c2ccc3cc[nH]c3c2)C1. The lowest BCUT2D eigenvalue weighted by molar-refractivity contribution is 0.0778. The number of likely N-dealkylation sites (tertiary alicyclic amines) is 1. The first kappa shape index (κ1) is 11.3. The number of rotatable bonds is 1. The molecule has 1 N–H and O–H groups in total. The van der Waals surface area contributed by atoms with Crippen LogP contribution in [-0.2, 0) is 0 Å². The van der Waals surface area contributed by atoms with E-state index < -0.39 is 0 Å². The van der Waals surface area contributed by atoms with Gasteiger partial charge in [-0.1, -0.05) is 19.9 Å². The summed E-state index contributed by atoms with van der Waals surface area (Å²) in [6.07, 6.45) is 2.99. The molecule has 94 valence electrons. The van der Waals surface area contributed by atoms with Gasteiger partial charge in [-0.05, 0) is 35.4 Å². The van der Waals surface area contributed by atoms with Crippen LogP contribution in [0.3, 0.4) is 0 Å². The molecule has 1 aromatic heterocycles. The van der Waals surface area contributed by atoms with Crippen LogP contribution in [-0.4, -0.2) is 28.9 Å². The summed E-state index contributed by atoms with van der Waals surface area (Å²) < 4.78 is 0. The Labute approximate surface area is 107 Å². The van der Waals surface area contributed by atoms with Crippen molar-refractivity contribution in [1.29, 1.82) is 0 Å². The maximum absolute atomic E-state index is 12.4. The number of fused-ring (bicyclic) bond motifs is 1. The summed E-state index contributed by atoms with van der Waals surface area (Å²) in [6.45, 7) is 6.16. The van der Waals surface area contributed by atoms with Crippen LogP contribution < -0.4 is 0 Å². The Morgan fingerprint density at radius 2 is 2.17 bits per heavy atom. The Hall–Kier alpha value is -1.77. The van der Waals surface area contributed by atoms with Gasteiger partial charge in [0.05, 0.1) is 0 Å². The quantitative estimate of drug-likeness (QED) is 0.819. The van der Waals surface area contributed by atoms with Crippen LogP contribution in [0.25, 0.3) is 10.9 Å². The molecule has 2 aromatic rings. The molecule has 0 spiro atoms. The highest BCUT2D eigenvalue weighted by Gasteiger charge is 2.32. The van der Waals surface area contributed by atoms with Gasteiger partial charge in [-0.3, -0.25) is 4.79 Å². The van der Waals surface area contributed by atoms with Crippen molar-refractivity contribution in [3.05, 3.63) is 36.0 Å². The summed E-state index contributed by atoms with van der Waals surface area (Å²) in [5.74, 6) is 0.150. The van der Waals surface area contributed by atoms with Crippen molar-refractivity contribution in [3.63, 3.8) is 0 Å². The molecule has 0 radical (unpaired) electrons. The van der Waals surface area contributed by atoms with Crippen LogP contribution in [0.5, 0.6) is 0 Å². The average Bonchev–Trinajstić information content (AvgIpc) is 2.93. The lowest BCUT2D eigenvalue weighted by atomic mass is 9.93. The second kappa shape index (κ2) is 3.87. The van der Waals surface area contributed by atoms with E-state index in [0.29, 0.717) is 0 Å². The number of carbonyl (C=O) groups is 1. The lowest BCUT2D eigenvalue weighted by Crippen LogP contribution is -2.30. The molecule has 0 atom stereocenters. The molecule has 1 aliphatic rings. The lowest BCUT2D eigenvalue weighted by Gasteiger charge is -2.19. The number of nitrogens with zero attached hydrogens (tertiary/aromatic N) is 1. The minimum atomic E-state index is 0.150. The molecule has 18 heavy (non-hydrogen) atoms. The molecule has 1 aliphatic heterocycles. The molecule has 3 nitrogen and oxygen atoms in total. The van der Waals surface area contributed by atoms with Crippen molar-refractivity contribution < 1.29 is 4.79 Å². The van der Waals surface area contributed by atoms with Gasteiger partial charge in [0.25, 0.3) is 5.91 Å². The van der Waals surface area contributed by atoms with E-state index in [0.717, 1.165) is 36.0 Å². The molecule has 2 heterocycles. The van der Waals surface area contributed by atoms with Gasteiger partial charge in [0.2, 0.25) is 0 Å². The number of H-pyrrole nitrogens is 1. The van der Waals surface area contributed by atoms with Gasteiger partial charge in [0.15, 0.2) is 0 Å². The molecule has 0 bridgehead atoms. The highest BCUT2D eigenvalue weighted by atomic mass is 16.2. The molecule has 3 heteroatoms. The number of aromatic nitrogens is 1. The minimum Gasteiger partial charge on any atom is -0.361 e. The van der Waals surface area contributed by atoms with Gasteiger partial charge < -0.3 is 9.88 Å². The second-order valence-corrected chi connectivity index (χ2v) is 5.92. The fourth-order valence-electron chi connectivity index (χ4n) is 2.65. The molecule has 1 amide bonds. The summed E-state index contributed by atoms with van der Waals surface area (Å²) in [5, 5.41) is 1.15. The smallest absolute Gasteiger partial charge is 0.253 e. The van der Waals surface area contributed by atoms with Gasteiger partial charge in [-0.2, -0.15) is 0 Å². The Kier molecular flexibility index (Phi) is 2.44. The van der Waals surface area contributed by atoms with Gasteiger partial charge in [0.1, 0.15) is 0 Å². The third-order valence-electron chi connectivity index (χ3n) is 3.77. The summed E-state index contributed by atoms with van der Waals surface area (Å²) in [5.41, 5.74) is 2.06. The van der Waals surface area contributed by atoms with E-state index in [2.05, 4.69) is 18.8 Å². The molecule has 3 rings (SSSR count). The second-order valence-electron chi connectivity index (χ2n) is 5.92. The van der Waals surface area contributed by atoms with E-state index in [-0.39, 0.29) is 11.3 Å². The molecule has 1 saturated heterocycles. The zero-order valence-electron chi connectivity index (χ0n) is 10.9. The molecule has 1 aromatic carbocycles. The number of hydrogen-bond acceptors (Lipinski definition) is 1. The number of hydrogen-bond donors (Lipinski definition) is 1. The van der Waals surface area contributed by atoms with E-state index in [4.69, 9.17) is 0 Å². The van der Waals surface area contributed by atoms with E-state index in [1.807, 2.05) is 35.4 Å². The normalized spacial score (nSPS) is 18.4. The summed E-state index contributed by atoms with van der Waals surface area (Å²) in [6, 6.07) is 7.88. The van der Waals surface area contributed by atoms with Gasteiger partial charge >= 0.3 is 0 Å². The Balaban J connectivity index is 1.88. The van der Waals surface area contributed by atoms with Crippen LogP contribution in [0.2, 0.25) is 0 Å². The first-order chi connectivity index (χ1) is 8.55. The summed E-state index contributed by atoms with van der Waals surface area (Å²) >= 11 is 0. The number of benzene rings is 1. The maximum Gasteiger partial charge on any atom is 0.253 e. The fraction of sp³-hybridized carbons (Fsp3) is 0.400. The van der Waals surface area contributed by atoms with Crippen molar-refractivity contribution in [2.75, 3.05) is 13.1 Å². The average molecular weight is 242 g/mol. The van der Waals surface area contributed by atoms with Crippen molar-refractivity contribution in [1.82, 2.24) is 9.88 Å². The maximum atomic E-state index is 12.4. The van der Waals surface area contributed by atoms with Crippen LogP contribution in [0.15, 0.2) is 30.5 Å². The van der Waals surface area contributed by atoms with Crippen molar-refractivity contribution in [2.45, 2.75) is 20.3 Å². The standard InChI is InChI=1S/C15H18N2O/c1-15(2)6-8-17(10-15)14(18)12-4-3-11-5-7-16-13(11)9-12/h3-5,7,9,16H,6,8,10H2,1-2H3. The first-order valence-electron chi connectivity index (χ1n) is 6.42. The number of carbonyl (C=O) groups excluding carboxylic acids is 1. The van der Waals surface area contributed by atoms with Gasteiger partial charge in [-0.15, -0.1) is 0 Å². The Morgan fingerprint density at radius 1 is 1.33 bits per heavy atom. The van der Waals surface area contributed by atoms with E-state index in [9.17, 15) is 4.79 Å². The Morgan fingerprint density at radius 3 is 2.89 bits per heavy atom. The molecular formula is C15H18N2O. The Bertz CT molecular complexity index is 597. The minimum absolute atomic E-state index is 0.150. The third kappa shape index (κ3) is 1.90. The van der Waals surface area contributed by atoms with Crippen molar-refractivity contribution in [2.24, 2.45) is 5.41 Å². The molecule has 0 saturated carbocycles. The predicted octanol–water partition coefficient (Wildman–Crippen LogP) is 3.04. The topological polar surface area (TPSA) is 36.1 Å². The zero-order valence-corrected chi connectivity index (χ0v) is 10.9. The van der Waals surface area contributed by atoms with Crippen LogP contribution in [0.4, 0.5) is 0 Å². The van der Waals surface area contributed by atoms with Crippen LogP contribution in [0.1, 0.15) is 30.6 Å². The molecular weight excluding hydrogens is 224 g/mol. The van der Waals surface area contributed by atoms with Gasteiger partial charge in [0, 0.05) is 30.4 Å². The molecule has 0 aliphatic carbocycles. The van der Waals surface area contributed by atoms with Crippen LogP contribution in [0, 0.1) is 5.41 Å². The summed E-state index contributed by atoms with van der Waals surface area (Å²) in [4.78, 5) is 17.5. The number of aromatic amines is 1. The fourth-order valence-corrected chi connectivity index (χ4v) is 2.65.